The molecule has 0 radical (unpaired) electrons. The monoisotopic (exact) mass is 344 g/mol. The van der Waals surface area contributed by atoms with Gasteiger partial charge in [0, 0.05) is 14.2 Å². The molecule has 0 saturated heterocycles. The van der Waals surface area contributed by atoms with E-state index in [1.807, 2.05) is 6.92 Å². The summed E-state index contributed by atoms with van der Waals surface area (Å²) in [4.78, 5) is 0.216. The maximum absolute atomic E-state index is 12.0. The third kappa shape index (κ3) is 7.92. The van der Waals surface area contributed by atoms with Gasteiger partial charge in [0.15, 0.2) is 6.29 Å². The molecule has 0 saturated carbocycles. The standard InChI is InChI=1S/C17H28O5S/c1-15-10-12-16(13-11-15)23(18,19)22-14-8-6-4-5-7-9-17(20-2)21-3/h10-13,17H,4-9,14H2,1-3H3. The van der Waals surface area contributed by atoms with Crippen molar-refractivity contribution in [3.63, 3.8) is 0 Å². The lowest BCUT2D eigenvalue weighted by Gasteiger charge is -2.12. The fourth-order valence-electron chi connectivity index (χ4n) is 2.22. The maximum Gasteiger partial charge on any atom is 0.296 e. The molecular formula is C17H28O5S. The molecule has 0 N–H and O–H groups in total. The van der Waals surface area contributed by atoms with Gasteiger partial charge >= 0.3 is 0 Å². The number of methoxy groups -OCH3 is 2. The van der Waals surface area contributed by atoms with Gasteiger partial charge in [-0.15, -0.1) is 0 Å². The average Bonchev–Trinajstić information content (AvgIpc) is 2.54. The normalized spacial score (nSPS) is 12.0. The predicted octanol–water partition coefficient (Wildman–Crippen LogP) is 3.66. The van der Waals surface area contributed by atoms with Crippen LogP contribution in [0.2, 0.25) is 0 Å². The lowest BCUT2D eigenvalue weighted by molar-refractivity contribution is -0.107. The zero-order valence-electron chi connectivity index (χ0n) is 14.3. The second-order valence-corrected chi connectivity index (χ2v) is 7.16. The highest BCUT2D eigenvalue weighted by atomic mass is 32.2. The Hall–Kier alpha value is -0.950. The number of hydrogen-bond acceptors (Lipinski definition) is 5. The van der Waals surface area contributed by atoms with Crippen LogP contribution in [0.5, 0.6) is 0 Å². The molecule has 0 aliphatic heterocycles. The van der Waals surface area contributed by atoms with Crippen LogP contribution in [0.1, 0.15) is 44.1 Å². The molecule has 0 aromatic heterocycles. The Bertz CT molecular complexity index is 520. The van der Waals surface area contributed by atoms with Crippen molar-refractivity contribution in [2.75, 3.05) is 20.8 Å². The van der Waals surface area contributed by atoms with Crippen LogP contribution >= 0.6 is 0 Å². The number of ether oxygens (including phenoxy) is 2. The van der Waals surface area contributed by atoms with Crippen molar-refractivity contribution in [2.24, 2.45) is 0 Å². The van der Waals surface area contributed by atoms with E-state index >= 15 is 0 Å². The highest BCUT2D eigenvalue weighted by Crippen LogP contribution is 2.14. The van der Waals surface area contributed by atoms with Gasteiger partial charge in [-0.3, -0.25) is 4.18 Å². The maximum atomic E-state index is 12.0. The largest absolute Gasteiger partial charge is 0.356 e. The van der Waals surface area contributed by atoms with Crippen LogP contribution in [0.3, 0.4) is 0 Å². The molecule has 0 heterocycles. The van der Waals surface area contributed by atoms with Crippen molar-refractivity contribution in [3.05, 3.63) is 29.8 Å². The number of benzene rings is 1. The number of aryl methyl sites for hydroxylation is 1. The summed E-state index contributed by atoms with van der Waals surface area (Å²) in [5, 5.41) is 0. The van der Waals surface area contributed by atoms with Crippen LogP contribution in [0, 0.1) is 6.92 Å². The Morgan fingerprint density at radius 3 is 2.09 bits per heavy atom. The summed E-state index contributed by atoms with van der Waals surface area (Å²) in [6.45, 7) is 2.15. The van der Waals surface area contributed by atoms with E-state index in [1.165, 1.54) is 0 Å². The van der Waals surface area contributed by atoms with Gasteiger partial charge in [-0.25, -0.2) is 0 Å². The zero-order valence-corrected chi connectivity index (χ0v) is 15.1. The van der Waals surface area contributed by atoms with E-state index in [2.05, 4.69) is 0 Å². The van der Waals surface area contributed by atoms with Crippen LogP contribution in [0.4, 0.5) is 0 Å². The first kappa shape index (κ1) is 20.1. The van der Waals surface area contributed by atoms with Crippen LogP contribution in [-0.4, -0.2) is 35.5 Å². The number of hydrogen-bond donors (Lipinski definition) is 0. The summed E-state index contributed by atoms with van der Waals surface area (Å²) in [5.74, 6) is 0. The van der Waals surface area contributed by atoms with Crippen molar-refractivity contribution in [1.82, 2.24) is 0 Å². The van der Waals surface area contributed by atoms with Crippen LogP contribution in [-0.2, 0) is 23.8 Å². The first-order chi connectivity index (χ1) is 11.0. The van der Waals surface area contributed by atoms with Crippen LogP contribution in [0.25, 0.3) is 0 Å². The molecule has 132 valence electrons. The van der Waals surface area contributed by atoms with E-state index in [9.17, 15) is 8.42 Å². The number of rotatable bonds is 12. The third-order valence-corrected chi connectivity index (χ3v) is 4.98. The molecule has 0 atom stereocenters. The minimum absolute atomic E-state index is 0.127. The highest BCUT2D eigenvalue weighted by molar-refractivity contribution is 7.86. The molecule has 1 rings (SSSR count). The minimum Gasteiger partial charge on any atom is -0.356 e. The van der Waals surface area contributed by atoms with Crippen LogP contribution < -0.4 is 0 Å². The molecule has 0 amide bonds. The Morgan fingerprint density at radius 2 is 1.48 bits per heavy atom. The van der Waals surface area contributed by atoms with E-state index in [1.54, 1.807) is 38.5 Å². The SMILES string of the molecule is COC(CCCCCCCOS(=O)(=O)c1ccc(C)cc1)OC. The van der Waals surface area contributed by atoms with Crippen molar-refractivity contribution in [1.29, 1.82) is 0 Å². The topological polar surface area (TPSA) is 61.8 Å². The smallest absolute Gasteiger partial charge is 0.296 e. The molecular weight excluding hydrogens is 316 g/mol. The summed E-state index contributed by atoms with van der Waals surface area (Å²) in [7, 11) is -0.348. The molecule has 0 aliphatic carbocycles. The van der Waals surface area contributed by atoms with Crippen LogP contribution in [0.15, 0.2) is 29.2 Å². The van der Waals surface area contributed by atoms with E-state index in [0.717, 1.165) is 44.1 Å². The van der Waals surface area contributed by atoms with Crippen molar-refractivity contribution < 1.29 is 22.1 Å². The number of unbranched alkanes of at least 4 members (excludes halogenated alkanes) is 4. The predicted molar refractivity (Wildman–Crippen MR) is 89.8 cm³/mol. The Kier molecular flexibility index (Phi) is 9.40. The first-order valence-corrected chi connectivity index (χ1v) is 9.42. The summed E-state index contributed by atoms with van der Waals surface area (Å²) >= 11 is 0. The molecule has 1 aromatic rings. The quantitative estimate of drug-likeness (QED) is 0.329. The van der Waals surface area contributed by atoms with Gasteiger partial charge in [-0.05, 0) is 38.3 Å². The van der Waals surface area contributed by atoms with Crippen molar-refractivity contribution >= 4 is 10.1 Å². The zero-order chi connectivity index (χ0) is 17.1. The fraction of sp³-hybridized carbons (Fsp3) is 0.647. The summed E-state index contributed by atoms with van der Waals surface area (Å²) in [5.41, 5.74) is 1.02. The van der Waals surface area contributed by atoms with E-state index in [-0.39, 0.29) is 17.8 Å². The molecule has 0 bridgehead atoms. The van der Waals surface area contributed by atoms with Gasteiger partial charge in [0.05, 0.1) is 11.5 Å². The van der Waals surface area contributed by atoms with Crippen molar-refractivity contribution in [3.8, 4) is 0 Å². The minimum atomic E-state index is -3.63. The van der Waals surface area contributed by atoms with Gasteiger partial charge in [0.2, 0.25) is 0 Å². The Morgan fingerprint density at radius 1 is 0.913 bits per heavy atom. The van der Waals surface area contributed by atoms with Gasteiger partial charge < -0.3 is 9.47 Å². The molecule has 0 spiro atoms. The van der Waals surface area contributed by atoms with E-state index in [0.29, 0.717) is 0 Å². The second-order valence-electron chi connectivity index (χ2n) is 5.55. The molecule has 0 aliphatic rings. The van der Waals surface area contributed by atoms with Gasteiger partial charge in [-0.1, -0.05) is 37.0 Å². The molecule has 1 aromatic carbocycles. The summed E-state index contributed by atoms with van der Waals surface area (Å²) in [6.07, 6.45) is 5.61. The summed E-state index contributed by atoms with van der Waals surface area (Å²) in [6, 6.07) is 6.69. The first-order valence-electron chi connectivity index (χ1n) is 8.01. The lowest BCUT2D eigenvalue weighted by atomic mass is 10.1. The third-order valence-electron chi connectivity index (χ3n) is 3.66. The van der Waals surface area contributed by atoms with Gasteiger partial charge in [0.1, 0.15) is 0 Å². The second kappa shape index (κ2) is 10.8. The average molecular weight is 344 g/mol. The summed E-state index contributed by atoms with van der Waals surface area (Å²) < 4.78 is 39.3. The molecule has 5 nitrogen and oxygen atoms in total. The van der Waals surface area contributed by atoms with Crippen molar-refractivity contribution in [2.45, 2.75) is 56.6 Å². The van der Waals surface area contributed by atoms with Gasteiger partial charge in [0.25, 0.3) is 10.1 Å². The molecule has 6 heteroatoms. The lowest BCUT2D eigenvalue weighted by Crippen LogP contribution is -2.12. The Balaban J connectivity index is 2.14. The van der Waals surface area contributed by atoms with E-state index in [4.69, 9.17) is 13.7 Å². The highest BCUT2D eigenvalue weighted by Gasteiger charge is 2.14. The molecule has 0 unspecified atom stereocenters. The van der Waals surface area contributed by atoms with Gasteiger partial charge in [-0.2, -0.15) is 8.42 Å². The Labute approximate surface area is 140 Å². The fourth-order valence-corrected chi connectivity index (χ4v) is 3.16. The van der Waals surface area contributed by atoms with E-state index < -0.39 is 10.1 Å². The molecule has 23 heavy (non-hydrogen) atoms. The molecule has 0 fully saturated rings.